The van der Waals surface area contributed by atoms with E-state index in [0.717, 1.165) is 24.8 Å². The Morgan fingerprint density at radius 2 is 1.81 bits per heavy atom. The second-order valence-corrected chi connectivity index (χ2v) is 10.00. The molecule has 0 saturated heterocycles. The Morgan fingerprint density at radius 1 is 1.09 bits per heavy atom. The van der Waals surface area contributed by atoms with E-state index in [1.54, 1.807) is 48.5 Å². The summed E-state index contributed by atoms with van der Waals surface area (Å²) in [5.41, 5.74) is 1.54. The van der Waals surface area contributed by atoms with Gasteiger partial charge in [-0.3, -0.25) is 0 Å². The molecular formula is C24H27NO6S. The fraction of sp³-hybridized carbons (Fsp3) is 0.375. The number of carboxylic acid groups (broad SMARTS) is 1. The third-order valence-electron chi connectivity index (χ3n) is 5.91. The average molecular weight is 458 g/mol. The van der Waals surface area contributed by atoms with E-state index >= 15 is 0 Å². The van der Waals surface area contributed by atoms with Gasteiger partial charge in [-0.05, 0) is 43.2 Å². The number of carboxylic acids is 1. The number of sulfonamides is 1. The number of carbonyl (C=O) groups is 1. The first-order valence-corrected chi connectivity index (χ1v) is 12.2. The molecule has 0 aromatic heterocycles. The van der Waals surface area contributed by atoms with E-state index in [4.69, 9.17) is 9.47 Å². The molecule has 32 heavy (non-hydrogen) atoms. The predicted octanol–water partition coefficient (Wildman–Crippen LogP) is 4.43. The summed E-state index contributed by atoms with van der Waals surface area (Å²) in [6, 6.07) is 10.2. The quantitative estimate of drug-likeness (QED) is 0.590. The van der Waals surface area contributed by atoms with E-state index in [0.29, 0.717) is 23.5 Å². The van der Waals surface area contributed by atoms with Gasteiger partial charge in [-0.2, -0.15) is 4.31 Å². The van der Waals surface area contributed by atoms with Crippen molar-refractivity contribution in [1.82, 2.24) is 4.31 Å². The van der Waals surface area contributed by atoms with Crippen molar-refractivity contribution in [2.75, 3.05) is 6.79 Å². The lowest BCUT2D eigenvalue weighted by Gasteiger charge is -2.31. The first-order chi connectivity index (χ1) is 15.3. The molecule has 0 fully saturated rings. The van der Waals surface area contributed by atoms with Gasteiger partial charge in [0.15, 0.2) is 11.5 Å². The van der Waals surface area contributed by atoms with Crippen molar-refractivity contribution in [3.8, 4) is 11.5 Å². The first kappa shape index (κ1) is 22.4. The molecule has 0 unspecified atom stereocenters. The van der Waals surface area contributed by atoms with Crippen molar-refractivity contribution in [2.24, 2.45) is 0 Å². The zero-order chi connectivity index (χ0) is 22.9. The number of unbranched alkanes of at least 4 members (excludes halogenated alkanes) is 2. The minimum absolute atomic E-state index is 0.0565. The van der Waals surface area contributed by atoms with Crippen molar-refractivity contribution in [2.45, 2.75) is 56.5 Å². The van der Waals surface area contributed by atoms with Gasteiger partial charge in [0.05, 0.1) is 16.5 Å². The molecule has 2 heterocycles. The molecule has 2 aliphatic heterocycles. The van der Waals surface area contributed by atoms with E-state index in [2.05, 4.69) is 6.92 Å². The SMILES string of the molecule is CCCCC[C@@H]1C=C(C(=O)O)[C@H](c2ccc3c(c2)OCO3)N1S(=O)(=O)c1ccc(C)cc1. The van der Waals surface area contributed by atoms with Crippen LogP contribution in [0.15, 0.2) is 59.0 Å². The van der Waals surface area contributed by atoms with Crippen molar-refractivity contribution < 1.29 is 27.8 Å². The first-order valence-electron chi connectivity index (χ1n) is 10.8. The number of nitrogens with zero attached hydrogens (tertiary/aromatic N) is 1. The van der Waals surface area contributed by atoms with Crippen molar-refractivity contribution in [3.05, 3.63) is 65.2 Å². The Morgan fingerprint density at radius 3 is 2.50 bits per heavy atom. The molecule has 2 aromatic carbocycles. The monoisotopic (exact) mass is 457 g/mol. The zero-order valence-electron chi connectivity index (χ0n) is 18.2. The molecule has 8 heteroatoms. The fourth-order valence-corrected chi connectivity index (χ4v) is 6.02. The molecule has 0 radical (unpaired) electrons. The lowest BCUT2D eigenvalue weighted by molar-refractivity contribution is -0.133. The largest absolute Gasteiger partial charge is 0.478 e. The summed E-state index contributed by atoms with van der Waals surface area (Å²) in [5, 5.41) is 9.97. The summed E-state index contributed by atoms with van der Waals surface area (Å²) in [5.74, 6) is -0.0934. The summed E-state index contributed by atoms with van der Waals surface area (Å²) in [4.78, 5) is 12.4. The van der Waals surface area contributed by atoms with Crippen LogP contribution in [0.5, 0.6) is 11.5 Å². The molecule has 7 nitrogen and oxygen atoms in total. The zero-order valence-corrected chi connectivity index (χ0v) is 19.0. The molecule has 4 rings (SSSR count). The standard InChI is InChI=1S/C24H27NO6S/c1-3-4-5-6-18-14-20(24(26)27)23(17-9-12-21-22(13-17)31-15-30-21)25(18)32(28,29)19-10-7-16(2)8-11-19/h7-14,18,23H,3-6,15H2,1-2H3,(H,26,27)/t18-,23+/m1/s1. The maximum atomic E-state index is 13.8. The number of rotatable bonds is 8. The van der Waals surface area contributed by atoms with Crippen molar-refractivity contribution in [3.63, 3.8) is 0 Å². The lowest BCUT2D eigenvalue weighted by Crippen LogP contribution is -2.39. The van der Waals surface area contributed by atoms with Crippen LogP contribution in [0.4, 0.5) is 0 Å². The minimum Gasteiger partial charge on any atom is -0.478 e. The van der Waals surface area contributed by atoms with Gasteiger partial charge < -0.3 is 14.6 Å². The highest BCUT2D eigenvalue weighted by molar-refractivity contribution is 7.89. The smallest absolute Gasteiger partial charge is 0.333 e. The molecule has 0 saturated carbocycles. The Labute approximate surface area is 188 Å². The molecular weight excluding hydrogens is 430 g/mol. The number of hydrogen-bond acceptors (Lipinski definition) is 5. The van der Waals surface area contributed by atoms with Crippen molar-refractivity contribution >= 4 is 16.0 Å². The van der Waals surface area contributed by atoms with Gasteiger partial charge in [-0.15, -0.1) is 0 Å². The maximum absolute atomic E-state index is 13.8. The Bertz CT molecular complexity index is 1140. The number of hydrogen-bond donors (Lipinski definition) is 1. The van der Waals surface area contributed by atoms with E-state index in [-0.39, 0.29) is 17.3 Å². The van der Waals surface area contributed by atoms with E-state index in [9.17, 15) is 18.3 Å². The number of fused-ring (bicyclic) bond motifs is 1. The van der Waals surface area contributed by atoms with Gasteiger partial charge in [0.2, 0.25) is 16.8 Å². The van der Waals surface area contributed by atoms with Crippen LogP contribution in [-0.2, 0) is 14.8 Å². The highest BCUT2D eigenvalue weighted by Gasteiger charge is 2.46. The van der Waals surface area contributed by atoms with Crippen LogP contribution in [-0.4, -0.2) is 36.6 Å². The van der Waals surface area contributed by atoms with Gasteiger partial charge in [0, 0.05) is 6.04 Å². The van der Waals surface area contributed by atoms with Gasteiger partial charge in [0.1, 0.15) is 0 Å². The van der Waals surface area contributed by atoms with Gasteiger partial charge in [-0.1, -0.05) is 56.0 Å². The molecule has 2 aromatic rings. The summed E-state index contributed by atoms with van der Waals surface area (Å²) in [6.07, 6.45) is 4.88. The highest BCUT2D eigenvalue weighted by Crippen LogP contribution is 2.45. The van der Waals surface area contributed by atoms with Crippen LogP contribution in [0.25, 0.3) is 0 Å². The van der Waals surface area contributed by atoms with E-state index in [1.807, 2.05) is 6.92 Å². The summed E-state index contributed by atoms with van der Waals surface area (Å²) >= 11 is 0. The van der Waals surface area contributed by atoms with Crippen LogP contribution in [0.3, 0.4) is 0 Å². The molecule has 0 bridgehead atoms. The number of aliphatic carboxylic acids is 1. The maximum Gasteiger partial charge on any atom is 0.333 e. The van der Waals surface area contributed by atoms with E-state index in [1.165, 1.54) is 4.31 Å². The third-order valence-corrected chi connectivity index (χ3v) is 7.81. The van der Waals surface area contributed by atoms with Gasteiger partial charge in [0.25, 0.3) is 0 Å². The van der Waals surface area contributed by atoms with Crippen molar-refractivity contribution in [1.29, 1.82) is 0 Å². The molecule has 0 spiro atoms. The fourth-order valence-electron chi connectivity index (χ4n) is 4.26. The van der Waals surface area contributed by atoms with Gasteiger partial charge >= 0.3 is 5.97 Å². The average Bonchev–Trinajstić information content (AvgIpc) is 3.38. The number of ether oxygens (including phenoxy) is 2. The lowest BCUT2D eigenvalue weighted by atomic mass is 10.0. The minimum atomic E-state index is -3.97. The predicted molar refractivity (Wildman–Crippen MR) is 119 cm³/mol. The Kier molecular flexibility index (Phi) is 6.26. The summed E-state index contributed by atoms with van der Waals surface area (Å²) < 4.78 is 39.8. The normalized spacial score (nSPS) is 20.4. The van der Waals surface area contributed by atoms with Gasteiger partial charge in [-0.25, -0.2) is 13.2 Å². The topological polar surface area (TPSA) is 93.1 Å². The molecule has 0 amide bonds. The number of benzene rings is 2. The number of aryl methyl sites for hydroxylation is 1. The summed E-state index contributed by atoms with van der Waals surface area (Å²) in [6.45, 7) is 4.04. The molecule has 170 valence electrons. The molecule has 1 N–H and O–H groups in total. The van der Waals surface area contributed by atoms with Crippen LogP contribution in [0.1, 0.15) is 49.8 Å². The highest BCUT2D eigenvalue weighted by atomic mass is 32.2. The molecule has 2 aliphatic rings. The third kappa shape index (κ3) is 4.12. The Balaban J connectivity index is 1.82. The second kappa shape index (κ2) is 8.96. The van der Waals surface area contributed by atoms with Crippen LogP contribution in [0, 0.1) is 6.92 Å². The Hall–Kier alpha value is -2.84. The molecule has 2 atom stereocenters. The van der Waals surface area contributed by atoms with Crippen LogP contribution >= 0.6 is 0 Å². The molecule has 0 aliphatic carbocycles. The second-order valence-electron chi connectivity index (χ2n) is 8.15. The van der Waals surface area contributed by atoms with Crippen LogP contribution < -0.4 is 9.47 Å². The summed E-state index contributed by atoms with van der Waals surface area (Å²) in [7, 11) is -3.97. The van der Waals surface area contributed by atoms with E-state index < -0.39 is 28.1 Å². The van der Waals surface area contributed by atoms with Crippen LogP contribution in [0.2, 0.25) is 0 Å².